The lowest BCUT2D eigenvalue weighted by Crippen LogP contribution is -2.49. The van der Waals surface area contributed by atoms with Crippen molar-refractivity contribution in [2.24, 2.45) is 0 Å². The van der Waals surface area contributed by atoms with Crippen LogP contribution in [0.2, 0.25) is 0 Å². The molecule has 2 amide bonds. The minimum Gasteiger partial charge on any atom is -0.393 e. The molecule has 5 rings (SSSR count). The van der Waals surface area contributed by atoms with Crippen LogP contribution in [0.4, 0.5) is 11.8 Å². The number of piperazine rings is 1. The van der Waals surface area contributed by atoms with E-state index in [1.165, 1.54) is 11.3 Å². The van der Waals surface area contributed by atoms with E-state index < -0.39 is 18.6 Å². The third-order valence-electron chi connectivity index (χ3n) is 6.15. The first kappa shape index (κ1) is 24.8. The topological polar surface area (TPSA) is 132 Å². The Labute approximate surface area is 217 Å². The highest BCUT2D eigenvalue weighted by atomic mass is 32.1. The first-order valence-electron chi connectivity index (χ1n) is 11.9. The molecule has 1 aromatic carbocycles. The van der Waals surface area contributed by atoms with Gasteiger partial charge in [0.15, 0.2) is 6.10 Å². The Bertz CT molecular complexity index is 1420. The summed E-state index contributed by atoms with van der Waals surface area (Å²) in [6.07, 6.45) is 0.0631. The number of fused-ring (bicyclic) bond motifs is 1. The molecule has 11 heteroatoms. The molecular weight excluding hydrogens is 492 g/mol. The SMILES string of the molecule is Cc1cc2c(N3CCN(C(=O)c4ccc(-c5ccccc5)nc4)CC3)nc(NC(=O)[C@H](O)CO)nc2s1. The van der Waals surface area contributed by atoms with E-state index in [0.717, 1.165) is 21.5 Å². The number of hydrogen-bond acceptors (Lipinski definition) is 9. The van der Waals surface area contributed by atoms with Gasteiger partial charge in [-0.05, 0) is 25.1 Å². The van der Waals surface area contributed by atoms with Crippen molar-refractivity contribution in [1.82, 2.24) is 19.9 Å². The van der Waals surface area contributed by atoms with Gasteiger partial charge < -0.3 is 20.0 Å². The normalized spacial score (nSPS) is 14.6. The van der Waals surface area contributed by atoms with Gasteiger partial charge in [0.05, 0.1) is 23.3 Å². The summed E-state index contributed by atoms with van der Waals surface area (Å²) in [5.41, 5.74) is 2.35. The summed E-state index contributed by atoms with van der Waals surface area (Å²) in [6.45, 7) is 3.37. The predicted molar refractivity (Wildman–Crippen MR) is 142 cm³/mol. The van der Waals surface area contributed by atoms with Crippen LogP contribution in [0.15, 0.2) is 54.7 Å². The smallest absolute Gasteiger partial charge is 0.257 e. The zero-order chi connectivity index (χ0) is 25.9. The van der Waals surface area contributed by atoms with E-state index >= 15 is 0 Å². The van der Waals surface area contributed by atoms with Gasteiger partial charge in [-0.1, -0.05) is 30.3 Å². The summed E-state index contributed by atoms with van der Waals surface area (Å²) in [5, 5.41) is 22.0. The maximum absolute atomic E-state index is 13.1. The van der Waals surface area contributed by atoms with Gasteiger partial charge in [-0.2, -0.15) is 4.98 Å². The van der Waals surface area contributed by atoms with E-state index in [9.17, 15) is 14.7 Å². The lowest BCUT2D eigenvalue weighted by Gasteiger charge is -2.35. The zero-order valence-corrected chi connectivity index (χ0v) is 21.0. The molecule has 4 heterocycles. The van der Waals surface area contributed by atoms with Gasteiger partial charge in [0.1, 0.15) is 10.6 Å². The number of rotatable bonds is 6. The number of hydrogen-bond donors (Lipinski definition) is 3. The average Bonchev–Trinajstić information content (AvgIpc) is 3.32. The fourth-order valence-corrected chi connectivity index (χ4v) is 5.08. The quantitative estimate of drug-likeness (QED) is 0.354. The number of nitrogens with zero attached hydrogens (tertiary/aromatic N) is 5. The van der Waals surface area contributed by atoms with Crippen LogP contribution in [0.25, 0.3) is 21.5 Å². The summed E-state index contributed by atoms with van der Waals surface area (Å²) in [4.78, 5) is 44.2. The Morgan fingerprint density at radius 3 is 2.51 bits per heavy atom. The van der Waals surface area contributed by atoms with Crippen LogP contribution in [0.5, 0.6) is 0 Å². The number of carbonyl (C=O) groups excluding carboxylic acids is 2. The summed E-state index contributed by atoms with van der Waals surface area (Å²) >= 11 is 1.48. The maximum Gasteiger partial charge on any atom is 0.257 e. The van der Waals surface area contributed by atoms with E-state index in [1.807, 2.05) is 55.5 Å². The van der Waals surface area contributed by atoms with Crippen LogP contribution >= 0.6 is 11.3 Å². The second-order valence-corrected chi connectivity index (χ2v) is 9.95. The minimum atomic E-state index is -1.56. The van der Waals surface area contributed by atoms with Crippen molar-refractivity contribution in [3.8, 4) is 11.3 Å². The maximum atomic E-state index is 13.1. The van der Waals surface area contributed by atoms with Crippen molar-refractivity contribution in [3.63, 3.8) is 0 Å². The standard InChI is InChI=1S/C26H26N6O4S/c1-16-13-19-22(28-26(30-24(19)37-16)29-23(35)21(34)15-33)31-9-11-32(12-10-31)25(36)18-7-8-20(27-14-18)17-5-3-2-4-6-17/h2-8,13-14,21,33-34H,9-12,15H2,1H3,(H,28,29,30,35)/t21-/m1/s1. The van der Waals surface area contributed by atoms with E-state index in [4.69, 9.17) is 5.11 Å². The summed E-state index contributed by atoms with van der Waals surface area (Å²) in [6, 6.07) is 15.5. The summed E-state index contributed by atoms with van der Waals surface area (Å²) < 4.78 is 0. The predicted octanol–water partition coefficient (Wildman–Crippen LogP) is 2.32. The van der Waals surface area contributed by atoms with E-state index in [0.29, 0.717) is 42.4 Å². The van der Waals surface area contributed by atoms with Crippen molar-refractivity contribution >= 4 is 45.1 Å². The van der Waals surface area contributed by atoms with Crippen molar-refractivity contribution in [1.29, 1.82) is 0 Å². The largest absolute Gasteiger partial charge is 0.393 e. The second kappa shape index (κ2) is 10.6. The van der Waals surface area contributed by atoms with Crippen molar-refractivity contribution < 1.29 is 19.8 Å². The van der Waals surface area contributed by atoms with Crippen LogP contribution in [-0.2, 0) is 4.79 Å². The Hall–Kier alpha value is -3.93. The van der Waals surface area contributed by atoms with Crippen molar-refractivity contribution in [3.05, 3.63) is 65.2 Å². The lowest BCUT2D eigenvalue weighted by molar-refractivity contribution is -0.125. The Morgan fingerprint density at radius 1 is 1.08 bits per heavy atom. The van der Waals surface area contributed by atoms with Crippen LogP contribution < -0.4 is 10.2 Å². The third-order valence-corrected chi connectivity index (χ3v) is 7.10. The molecule has 0 spiro atoms. The Kier molecular flexibility index (Phi) is 7.08. The molecule has 10 nitrogen and oxygen atoms in total. The number of nitrogens with one attached hydrogen (secondary N) is 1. The van der Waals surface area contributed by atoms with Crippen LogP contribution in [0.1, 0.15) is 15.2 Å². The average molecular weight is 519 g/mol. The van der Waals surface area contributed by atoms with Crippen molar-refractivity contribution in [2.75, 3.05) is 43.0 Å². The molecular formula is C26H26N6O4S. The van der Waals surface area contributed by atoms with Gasteiger partial charge in [0, 0.05) is 42.8 Å². The molecule has 4 aromatic rings. The number of benzene rings is 1. The van der Waals surface area contributed by atoms with Gasteiger partial charge in [-0.25, -0.2) is 4.98 Å². The zero-order valence-electron chi connectivity index (χ0n) is 20.2. The van der Waals surface area contributed by atoms with Crippen molar-refractivity contribution in [2.45, 2.75) is 13.0 Å². The number of anilines is 2. The number of pyridine rings is 1. The fourth-order valence-electron chi connectivity index (χ4n) is 4.20. The van der Waals surface area contributed by atoms with Gasteiger partial charge in [0.2, 0.25) is 5.95 Å². The summed E-state index contributed by atoms with van der Waals surface area (Å²) in [7, 11) is 0. The first-order chi connectivity index (χ1) is 17.9. The Morgan fingerprint density at radius 2 is 1.84 bits per heavy atom. The number of aromatic nitrogens is 3. The van der Waals surface area contributed by atoms with E-state index in [-0.39, 0.29) is 11.9 Å². The van der Waals surface area contributed by atoms with Gasteiger partial charge in [-0.15, -0.1) is 11.3 Å². The van der Waals surface area contributed by atoms with Gasteiger partial charge in [0.25, 0.3) is 11.8 Å². The van der Waals surface area contributed by atoms with E-state index in [1.54, 1.807) is 11.1 Å². The third kappa shape index (κ3) is 5.29. The Balaban J connectivity index is 1.30. The van der Waals surface area contributed by atoms with Gasteiger partial charge >= 0.3 is 0 Å². The molecule has 0 radical (unpaired) electrons. The number of aliphatic hydroxyl groups excluding tert-OH is 2. The molecule has 0 aliphatic carbocycles. The molecule has 1 aliphatic rings. The lowest BCUT2D eigenvalue weighted by atomic mass is 10.1. The number of aryl methyl sites for hydroxylation is 1. The number of thiophene rings is 1. The highest BCUT2D eigenvalue weighted by Crippen LogP contribution is 2.32. The first-order valence-corrected chi connectivity index (χ1v) is 12.7. The summed E-state index contributed by atoms with van der Waals surface area (Å²) in [5.74, 6) is -0.130. The molecule has 0 unspecified atom stereocenters. The fraction of sp³-hybridized carbons (Fsp3) is 0.269. The van der Waals surface area contributed by atoms with Crippen LogP contribution in [0, 0.1) is 6.92 Å². The molecule has 0 bridgehead atoms. The van der Waals surface area contributed by atoms with E-state index in [2.05, 4.69) is 25.2 Å². The molecule has 190 valence electrons. The molecule has 0 saturated carbocycles. The molecule has 37 heavy (non-hydrogen) atoms. The molecule has 1 atom stereocenters. The second-order valence-electron chi connectivity index (χ2n) is 8.71. The molecule has 3 N–H and O–H groups in total. The van der Waals surface area contributed by atoms with Gasteiger partial charge in [-0.3, -0.25) is 19.9 Å². The monoisotopic (exact) mass is 518 g/mol. The molecule has 1 saturated heterocycles. The van der Waals surface area contributed by atoms with Crippen LogP contribution in [0.3, 0.4) is 0 Å². The minimum absolute atomic E-state index is 0.0601. The highest BCUT2D eigenvalue weighted by molar-refractivity contribution is 7.18. The highest BCUT2D eigenvalue weighted by Gasteiger charge is 2.26. The molecule has 1 aliphatic heterocycles. The number of aliphatic hydroxyl groups is 2. The van der Waals surface area contributed by atoms with Crippen LogP contribution in [-0.4, -0.2) is 80.8 Å². The molecule has 3 aromatic heterocycles. The molecule has 1 fully saturated rings. The number of amides is 2. The number of carbonyl (C=O) groups is 2.